The van der Waals surface area contributed by atoms with Gasteiger partial charge in [0, 0.05) is 24.9 Å². The van der Waals surface area contributed by atoms with Crippen LogP contribution in [0.5, 0.6) is 0 Å². The highest BCUT2D eigenvalue weighted by atomic mass is 16.2. The van der Waals surface area contributed by atoms with Crippen molar-refractivity contribution in [2.45, 2.75) is 88.8 Å². The predicted octanol–water partition coefficient (Wildman–Crippen LogP) is 4.50. The third-order valence-corrected chi connectivity index (χ3v) is 8.79. The van der Waals surface area contributed by atoms with Crippen LogP contribution in [-0.2, 0) is 16.0 Å². The van der Waals surface area contributed by atoms with Gasteiger partial charge in [-0.1, -0.05) is 49.6 Å². The van der Waals surface area contributed by atoms with E-state index in [0.29, 0.717) is 5.92 Å². The smallest absolute Gasteiger partial charge is 0.245 e. The van der Waals surface area contributed by atoms with E-state index in [1.54, 1.807) is 7.05 Å². The van der Waals surface area contributed by atoms with Crippen molar-refractivity contribution in [3.63, 3.8) is 0 Å². The van der Waals surface area contributed by atoms with Gasteiger partial charge in [-0.15, -0.1) is 0 Å². The van der Waals surface area contributed by atoms with Crippen LogP contribution in [0.3, 0.4) is 0 Å². The summed E-state index contributed by atoms with van der Waals surface area (Å²) in [6.07, 6.45) is 13.6. The lowest BCUT2D eigenvalue weighted by Gasteiger charge is -2.36. The number of pyridine rings is 1. The zero-order valence-electron chi connectivity index (χ0n) is 21.7. The Morgan fingerprint density at radius 1 is 0.972 bits per heavy atom. The molecule has 2 heterocycles. The van der Waals surface area contributed by atoms with Crippen molar-refractivity contribution in [1.29, 1.82) is 0 Å². The number of nitrogens with one attached hydrogen (secondary N) is 2. The quantitative estimate of drug-likeness (QED) is 0.602. The van der Waals surface area contributed by atoms with E-state index in [4.69, 9.17) is 0 Å². The average Bonchev–Trinajstić information content (AvgIpc) is 3.59. The largest absolute Gasteiger partial charge is 0.343 e. The molecule has 36 heavy (non-hydrogen) atoms. The van der Waals surface area contributed by atoms with Gasteiger partial charge < -0.3 is 15.5 Å². The maximum atomic E-state index is 14.1. The molecule has 2 fully saturated rings. The van der Waals surface area contributed by atoms with Crippen molar-refractivity contribution in [2.75, 3.05) is 13.6 Å². The summed E-state index contributed by atoms with van der Waals surface area (Å²) in [5.74, 6) is 0.584. The van der Waals surface area contributed by atoms with Gasteiger partial charge in [0.25, 0.3) is 0 Å². The highest BCUT2D eigenvalue weighted by Gasteiger charge is 2.40. The van der Waals surface area contributed by atoms with Crippen LogP contribution in [0.25, 0.3) is 0 Å². The summed E-state index contributed by atoms with van der Waals surface area (Å²) in [6, 6.07) is 9.97. The van der Waals surface area contributed by atoms with Gasteiger partial charge in [-0.25, -0.2) is 0 Å². The standard InChI is InChI=1S/C30H40N4O2/c1-20(31-2)29(35)33-28(22-12-7-4-8-13-22)30(36)34-17-9-14-27(34)26-19-32-18-25-23(15-16-24(25)26)21-10-5-3-6-11-21/h3,5-6,10-11,18-20,22-23,27-28,31H,4,7-9,12-17H2,1-2H3,(H,33,35)/t20?,23?,27-,28-/m0/s1. The molecule has 1 aliphatic heterocycles. The molecule has 3 aliphatic rings. The molecule has 6 heteroatoms. The zero-order valence-corrected chi connectivity index (χ0v) is 21.7. The Morgan fingerprint density at radius 2 is 1.72 bits per heavy atom. The van der Waals surface area contributed by atoms with Crippen LogP contribution in [0.1, 0.15) is 92.5 Å². The average molecular weight is 489 g/mol. The van der Waals surface area contributed by atoms with Crippen LogP contribution < -0.4 is 10.6 Å². The molecule has 0 radical (unpaired) electrons. The van der Waals surface area contributed by atoms with Crippen LogP contribution in [-0.4, -0.2) is 47.4 Å². The van der Waals surface area contributed by atoms with Gasteiger partial charge in [-0.05, 0) is 80.7 Å². The minimum atomic E-state index is -0.448. The summed E-state index contributed by atoms with van der Waals surface area (Å²) in [6.45, 7) is 2.59. The Balaban J connectivity index is 1.41. The minimum absolute atomic E-state index is 0.0409. The van der Waals surface area contributed by atoms with Gasteiger partial charge in [-0.2, -0.15) is 0 Å². The topological polar surface area (TPSA) is 74.3 Å². The number of likely N-dealkylation sites (N-methyl/N-ethyl adjacent to an activating group) is 1. The summed E-state index contributed by atoms with van der Waals surface area (Å²) >= 11 is 0. The molecule has 0 bridgehead atoms. The van der Waals surface area contributed by atoms with E-state index in [1.807, 2.05) is 19.3 Å². The van der Waals surface area contributed by atoms with Gasteiger partial charge in [0.15, 0.2) is 0 Å². The third-order valence-electron chi connectivity index (χ3n) is 8.79. The molecule has 2 unspecified atom stereocenters. The number of hydrogen-bond acceptors (Lipinski definition) is 4. The van der Waals surface area contributed by atoms with Gasteiger partial charge in [0.05, 0.1) is 12.1 Å². The summed E-state index contributed by atoms with van der Waals surface area (Å²) in [7, 11) is 1.78. The first-order valence-corrected chi connectivity index (χ1v) is 13.9. The van der Waals surface area contributed by atoms with Crippen molar-refractivity contribution in [3.05, 3.63) is 65.0 Å². The van der Waals surface area contributed by atoms with E-state index in [9.17, 15) is 9.59 Å². The number of nitrogens with zero attached hydrogens (tertiary/aromatic N) is 2. The summed E-state index contributed by atoms with van der Waals surface area (Å²) in [4.78, 5) is 33.7. The van der Waals surface area contributed by atoms with Gasteiger partial charge in [0.2, 0.25) is 11.8 Å². The Morgan fingerprint density at radius 3 is 2.47 bits per heavy atom. The molecular weight excluding hydrogens is 448 g/mol. The second kappa shape index (κ2) is 11.1. The fraction of sp³-hybridized carbons (Fsp3) is 0.567. The van der Waals surface area contributed by atoms with Crippen LogP contribution in [0.4, 0.5) is 0 Å². The fourth-order valence-corrected chi connectivity index (χ4v) is 6.66. The Kier molecular flexibility index (Phi) is 7.70. The van der Waals surface area contributed by atoms with Crippen LogP contribution >= 0.6 is 0 Å². The number of rotatable bonds is 7. The molecule has 0 spiro atoms. The van der Waals surface area contributed by atoms with E-state index in [2.05, 4.69) is 50.8 Å². The molecule has 2 amide bonds. The maximum Gasteiger partial charge on any atom is 0.245 e. The first kappa shape index (κ1) is 24.9. The lowest BCUT2D eigenvalue weighted by molar-refractivity contribution is -0.139. The SMILES string of the molecule is CNC(C)C(=O)N[C@H](C(=O)N1CCC[C@H]1c1cncc2c1CCC2c1ccccc1)C1CCCCC1. The molecule has 2 aromatic rings. The minimum Gasteiger partial charge on any atom is -0.343 e. The highest BCUT2D eigenvalue weighted by Crippen LogP contribution is 2.44. The number of aromatic nitrogens is 1. The second-order valence-corrected chi connectivity index (χ2v) is 10.9. The number of likely N-dealkylation sites (tertiary alicyclic amines) is 1. The monoisotopic (exact) mass is 488 g/mol. The van der Waals surface area contributed by atoms with Crippen LogP contribution in [0, 0.1) is 5.92 Å². The van der Waals surface area contributed by atoms with E-state index in [0.717, 1.165) is 57.9 Å². The molecular formula is C30H40N4O2. The molecule has 6 nitrogen and oxygen atoms in total. The Labute approximate surface area is 215 Å². The Bertz CT molecular complexity index is 1070. The van der Waals surface area contributed by atoms with Gasteiger partial charge in [-0.3, -0.25) is 14.6 Å². The number of fused-ring (bicyclic) bond motifs is 1. The highest BCUT2D eigenvalue weighted by molar-refractivity contribution is 5.90. The van der Waals surface area contributed by atoms with Crippen molar-refractivity contribution in [2.24, 2.45) is 5.92 Å². The molecule has 2 N–H and O–H groups in total. The first-order chi connectivity index (χ1) is 17.6. The number of amides is 2. The first-order valence-electron chi connectivity index (χ1n) is 13.9. The molecule has 1 saturated carbocycles. The van der Waals surface area contributed by atoms with Crippen molar-refractivity contribution in [3.8, 4) is 0 Å². The summed E-state index contributed by atoms with van der Waals surface area (Å²) in [5, 5.41) is 6.18. The summed E-state index contributed by atoms with van der Waals surface area (Å²) < 4.78 is 0. The van der Waals surface area contributed by atoms with E-state index in [1.165, 1.54) is 28.7 Å². The molecule has 1 aromatic carbocycles. The lowest BCUT2D eigenvalue weighted by atomic mass is 9.83. The normalized spacial score (nSPS) is 23.8. The molecule has 2 aliphatic carbocycles. The van der Waals surface area contributed by atoms with Crippen LogP contribution in [0.2, 0.25) is 0 Å². The number of carbonyl (C=O) groups is 2. The molecule has 4 atom stereocenters. The Hall–Kier alpha value is -2.73. The third kappa shape index (κ3) is 4.93. The van der Waals surface area contributed by atoms with Crippen molar-refractivity contribution >= 4 is 11.8 Å². The number of carbonyl (C=O) groups excluding carboxylic acids is 2. The van der Waals surface area contributed by atoms with Gasteiger partial charge in [0.1, 0.15) is 6.04 Å². The second-order valence-electron chi connectivity index (χ2n) is 10.9. The molecule has 1 aromatic heterocycles. The van der Waals surface area contributed by atoms with Crippen molar-refractivity contribution in [1.82, 2.24) is 20.5 Å². The summed E-state index contributed by atoms with van der Waals surface area (Å²) in [5.41, 5.74) is 5.26. The number of hydrogen-bond donors (Lipinski definition) is 2. The van der Waals surface area contributed by atoms with Gasteiger partial charge >= 0.3 is 0 Å². The fourth-order valence-electron chi connectivity index (χ4n) is 6.66. The van der Waals surface area contributed by atoms with E-state index < -0.39 is 6.04 Å². The molecule has 1 saturated heterocycles. The lowest BCUT2D eigenvalue weighted by Crippen LogP contribution is -2.55. The van der Waals surface area contributed by atoms with Crippen LogP contribution in [0.15, 0.2) is 42.7 Å². The molecule has 192 valence electrons. The maximum absolute atomic E-state index is 14.1. The number of benzene rings is 1. The predicted molar refractivity (Wildman–Crippen MR) is 142 cm³/mol. The van der Waals surface area contributed by atoms with E-state index >= 15 is 0 Å². The van der Waals surface area contributed by atoms with E-state index in [-0.39, 0.29) is 29.8 Å². The van der Waals surface area contributed by atoms with Crippen molar-refractivity contribution < 1.29 is 9.59 Å². The molecule has 5 rings (SSSR count). The zero-order chi connectivity index (χ0) is 25.1.